The summed E-state index contributed by atoms with van der Waals surface area (Å²) in [6.07, 6.45) is 2.19. The Kier molecular flexibility index (Phi) is 3.65. The number of rotatable bonds is 3. The monoisotopic (exact) mass is 362 g/mol. The number of likely N-dealkylation sites (tertiary alicyclic amines) is 1. The highest BCUT2D eigenvalue weighted by molar-refractivity contribution is 5.75. The second-order valence-corrected chi connectivity index (χ2v) is 7.36. The van der Waals surface area contributed by atoms with Crippen LogP contribution in [0.15, 0.2) is 41.2 Å². The molecule has 1 atom stereocenters. The first-order chi connectivity index (χ1) is 13.1. The maximum atomic E-state index is 12.4. The molecule has 1 aliphatic heterocycles. The summed E-state index contributed by atoms with van der Waals surface area (Å²) >= 11 is 0. The van der Waals surface area contributed by atoms with Gasteiger partial charge in [0, 0.05) is 31.4 Å². The predicted molar refractivity (Wildman–Crippen MR) is 104 cm³/mol. The zero-order chi connectivity index (χ0) is 18.5. The number of nitrogens with one attached hydrogen (secondary N) is 1. The number of aromatic amines is 1. The molecule has 0 spiro atoms. The Labute approximate surface area is 156 Å². The number of H-pyrrole nitrogens is 1. The average molecular weight is 362 g/mol. The number of para-hydroxylation sites is 2. The first kappa shape index (κ1) is 16.3. The number of hydrogen-bond acceptors (Lipinski definition) is 4. The van der Waals surface area contributed by atoms with Gasteiger partial charge in [-0.15, -0.1) is 0 Å². The van der Waals surface area contributed by atoms with Gasteiger partial charge in [-0.3, -0.25) is 14.8 Å². The predicted octanol–water partition coefficient (Wildman–Crippen LogP) is 2.55. The van der Waals surface area contributed by atoms with Crippen LogP contribution in [0.4, 0.5) is 0 Å². The van der Waals surface area contributed by atoms with E-state index in [1.54, 1.807) is 6.07 Å². The Morgan fingerprint density at radius 1 is 1.22 bits per heavy atom. The number of fused-ring (bicyclic) bond motifs is 2. The van der Waals surface area contributed by atoms with Crippen molar-refractivity contribution < 1.29 is 0 Å². The fourth-order valence-corrected chi connectivity index (χ4v) is 4.22. The minimum absolute atomic E-state index is 0.0680. The molecular formula is C20H22N6O. The van der Waals surface area contributed by atoms with Gasteiger partial charge in [0.15, 0.2) is 5.65 Å². The van der Waals surface area contributed by atoms with Crippen LogP contribution in [0.1, 0.15) is 36.1 Å². The van der Waals surface area contributed by atoms with E-state index in [-0.39, 0.29) is 11.6 Å². The van der Waals surface area contributed by atoms with Crippen molar-refractivity contribution in [1.82, 2.24) is 29.0 Å². The highest BCUT2D eigenvalue weighted by atomic mass is 16.1. The van der Waals surface area contributed by atoms with Crippen LogP contribution < -0.4 is 5.56 Å². The Morgan fingerprint density at radius 2 is 2.07 bits per heavy atom. The van der Waals surface area contributed by atoms with Crippen molar-refractivity contribution in [3.05, 3.63) is 64.0 Å². The SMILES string of the molecule is Cc1cc2nc(CN3CCC[C@@H]3c3nc4ccccc4n3C)cc(=O)n2[nH]1. The lowest BCUT2D eigenvalue weighted by Gasteiger charge is -2.23. The van der Waals surface area contributed by atoms with Crippen LogP contribution in [0.5, 0.6) is 0 Å². The molecule has 27 heavy (non-hydrogen) atoms. The molecule has 7 nitrogen and oxygen atoms in total. The largest absolute Gasteiger partial charge is 0.330 e. The number of hydrogen-bond donors (Lipinski definition) is 1. The van der Waals surface area contributed by atoms with E-state index in [0.29, 0.717) is 12.2 Å². The maximum absolute atomic E-state index is 12.4. The van der Waals surface area contributed by atoms with Crippen LogP contribution in [-0.4, -0.2) is 35.6 Å². The molecule has 1 N–H and O–H groups in total. The first-order valence-corrected chi connectivity index (χ1v) is 9.34. The molecule has 4 heterocycles. The Bertz CT molecular complexity index is 1200. The molecule has 4 aromatic rings. The van der Waals surface area contributed by atoms with Crippen LogP contribution >= 0.6 is 0 Å². The Hall–Kier alpha value is -2.93. The summed E-state index contributed by atoms with van der Waals surface area (Å²) < 4.78 is 3.69. The van der Waals surface area contributed by atoms with Gasteiger partial charge in [-0.2, -0.15) is 0 Å². The molecule has 0 bridgehead atoms. The van der Waals surface area contributed by atoms with E-state index < -0.39 is 0 Å². The van der Waals surface area contributed by atoms with E-state index in [1.165, 1.54) is 4.52 Å². The van der Waals surface area contributed by atoms with Crippen LogP contribution in [0.2, 0.25) is 0 Å². The topological polar surface area (TPSA) is 71.2 Å². The molecule has 1 aliphatic rings. The van der Waals surface area contributed by atoms with Gasteiger partial charge in [0.1, 0.15) is 5.82 Å². The minimum Gasteiger partial charge on any atom is -0.330 e. The van der Waals surface area contributed by atoms with Crippen molar-refractivity contribution in [2.24, 2.45) is 7.05 Å². The Balaban J connectivity index is 1.49. The maximum Gasteiger partial charge on any atom is 0.272 e. The van der Waals surface area contributed by atoms with Crippen molar-refractivity contribution >= 4 is 16.7 Å². The fourth-order valence-electron chi connectivity index (χ4n) is 4.22. The summed E-state index contributed by atoms with van der Waals surface area (Å²) in [5, 5.41) is 3.02. The van der Waals surface area contributed by atoms with Crippen LogP contribution in [0.25, 0.3) is 16.7 Å². The summed E-state index contributed by atoms with van der Waals surface area (Å²) in [4.78, 5) is 24.3. The van der Waals surface area contributed by atoms with Gasteiger partial charge in [-0.25, -0.2) is 14.5 Å². The quantitative estimate of drug-likeness (QED) is 0.608. The van der Waals surface area contributed by atoms with Gasteiger partial charge in [-0.1, -0.05) is 12.1 Å². The lowest BCUT2D eigenvalue weighted by molar-refractivity contribution is 0.234. The molecule has 0 radical (unpaired) electrons. The van der Waals surface area contributed by atoms with E-state index in [0.717, 1.165) is 47.6 Å². The fraction of sp³-hybridized carbons (Fsp3) is 0.350. The molecule has 138 valence electrons. The average Bonchev–Trinajstić information content (AvgIpc) is 3.33. The second kappa shape index (κ2) is 6.06. The summed E-state index contributed by atoms with van der Waals surface area (Å²) in [6, 6.07) is 12.0. The van der Waals surface area contributed by atoms with Crippen LogP contribution in [0.3, 0.4) is 0 Å². The van der Waals surface area contributed by atoms with Gasteiger partial charge in [0.2, 0.25) is 0 Å². The number of aryl methyl sites for hydroxylation is 2. The van der Waals surface area contributed by atoms with Gasteiger partial charge < -0.3 is 4.57 Å². The van der Waals surface area contributed by atoms with E-state index in [4.69, 9.17) is 4.98 Å². The number of imidazole rings is 1. The summed E-state index contributed by atoms with van der Waals surface area (Å²) in [7, 11) is 2.08. The lowest BCUT2D eigenvalue weighted by atomic mass is 10.2. The summed E-state index contributed by atoms with van der Waals surface area (Å²) in [6.45, 7) is 3.57. The molecule has 1 saturated heterocycles. The minimum atomic E-state index is -0.0680. The third kappa shape index (κ3) is 2.66. The van der Waals surface area contributed by atoms with Crippen LogP contribution in [0, 0.1) is 6.92 Å². The normalized spacial score (nSPS) is 18.1. The van der Waals surface area contributed by atoms with Crippen molar-refractivity contribution in [3.63, 3.8) is 0 Å². The van der Waals surface area contributed by atoms with Gasteiger partial charge in [0.25, 0.3) is 5.56 Å². The van der Waals surface area contributed by atoms with Crippen molar-refractivity contribution in [1.29, 1.82) is 0 Å². The molecule has 3 aromatic heterocycles. The van der Waals surface area contributed by atoms with Gasteiger partial charge in [-0.05, 0) is 38.4 Å². The molecule has 0 amide bonds. The van der Waals surface area contributed by atoms with E-state index >= 15 is 0 Å². The second-order valence-electron chi connectivity index (χ2n) is 7.36. The van der Waals surface area contributed by atoms with E-state index in [9.17, 15) is 4.79 Å². The van der Waals surface area contributed by atoms with Gasteiger partial charge >= 0.3 is 0 Å². The molecule has 0 saturated carbocycles. The highest BCUT2D eigenvalue weighted by Gasteiger charge is 2.30. The highest BCUT2D eigenvalue weighted by Crippen LogP contribution is 2.33. The molecule has 0 aliphatic carbocycles. The van der Waals surface area contributed by atoms with E-state index in [2.05, 4.69) is 38.7 Å². The zero-order valence-corrected chi connectivity index (χ0v) is 15.5. The lowest BCUT2D eigenvalue weighted by Crippen LogP contribution is -2.26. The molecule has 1 fully saturated rings. The molecule has 0 unspecified atom stereocenters. The molecular weight excluding hydrogens is 340 g/mol. The van der Waals surface area contributed by atoms with Crippen molar-refractivity contribution in [3.8, 4) is 0 Å². The molecule has 1 aromatic carbocycles. The smallest absolute Gasteiger partial charge is 0.272 e. The van der Waals surface area contributed by atoms with E-state index in [1.807, 2.05) is 25.1 Å². The number of aromatic nitrogens is 5. The molecule has 5 rings (SSSR count). The van der Waals surface area contributed by atoms with Gasteiger partial charge in [0.05, 0.1) is 22.8 Å². The summed E-state index contributed by atoms with van der Waals surface area (Å²) in [5.41, 5.74) is 4.53. The molecule has 7 heteroatoms. The van der Waals surface area contributed by atoms with Crippen molar-refractivity contribution in [2.75, 3.05) is 6.54 Å². The number of benzene rings is 1. The van der Waals surface area contributed by atoms with Crippen LogP contribution in [-0.2, 0) is 13.6 Å². The standard InChI is InChI=1S/C20H22N6O/c1-13-10-18-21-14(11-19(27)26(18)23-13)12-25-9-5-8-17(25)20-22-15-6-3-4-7-16(15)24(20)2/h3-4,6-7,10-11,17,23H,5,8-9,12H2,1-2H3/t17-/m1/s1. The third-order valence-corrected chi connectivity index (χ3v) is 5.48. The zero-order valence-electron chi connectivity index (χ0n) is 15.5. The number of nitrogens with zero attached hydrogens (tertiary/aromatic N) is 5. The first-order valence-electron chi connectivity index (χ1n) is 9.34. The van der Waals surface area contributed by atoms with Crippen molar-refractivity contribution in [2.45, 2.75) is 32.4 Å². The Morgan fingerprint density at radius 3 is 2.93 bits per heavy atom. The summed E-state index contributed by atoms with van der Waals surface area (Å²) in [5.74, 6) is 1.09. The third-order valence-electron chi connectivity index (χ3n) is 5.48.